The van der Waals surface area contributed by atoms with E-state index in [1.54, 1.807) is 17.0 Å². The highest BCUT2D eigenvalue weighted by molar-refractivity contribution is 5.95. The van der Waals surface area contributed by atoms with E-state index in [0.717, 1.165) is 24.4 Å². The molecule has 3 heterocycles. The monoisotopic (exact) mass is 358 g/mol. The minimum atomic E-state index is -0.423. The van der Waals surface area contributed by atoms with Gasteiger partial charge >= 0.3 is 0 Å². The van der Waals surface area contributed by atoms with Crippen molar-refractivity contribution < 1.29 is 14.0 Å². The fourth-order valence-electron chi connectivity index (χ4n) is 3.44. The molecular formula is C19H26N4O3. The molecule has 7 heteroatoms. The molecular weight excluding hydrogens is 332 g/mol. The zero-order chi connectivity index (χ0) is 18.7. The Labute approximate surface area is 153 Å². The molecule has 1 aliphatic rings. The number of aryl methyl sites for hydroxylation is 2. The van der Waals surface area contributed by atoms with Crippen molar-refractivity contribution in [2.24, 2.45) is 5.92 Å². The fraction of sp³-hybridized carbons (Fsp3) is 0.526. The lowest BCUT2D eigenvalue weighted by atomic mass is 10.1. The molecule has 0 saturated carbocycles. The van der Waals surface area contributed by atoms with Crippen LogP contribution in [0.1, 0.15) is 41.7 Å². The second kappa shape index (κ2) is 7.76. The molecule has 0 unspecified atom stereocenters. The van der Waals surface area contributed by atoms with Gasteiger partial charge in [-0.2, -0.15) is 5.10 Å². The van der Waals surface area contributed by atoms with Crippen molar-refractivity contribution in [3.05, 3.63) is 41.6 Å². The molecule has 2 aromatic rings. The number of hydrogen-bond donors (Lipinski definition) is 1. The zero-order valence-corrected chi connectivity index (χ0v) is 15.6. The maximum Gasteiger partial charge on any atom is 0.290 e. The van der Waals surface area contributed by atoms with Crippen molar-refractivity contribution in [1.82, 2.24) is 20.0 Å². The number of amides is 2. The van der Waals surface area contributed by atoms with Crippen LogP contribution in [-0.2, 0) is 11.3 Å². The van der Waals surface area contributed by atoms with Crippen LogP contribution in [0.4, 0.5) is 0 Å². The van der Waals surface area contributed by atoms with Crippen LogP contribution in [0.15, 0.2) is 28.9 Å². The lowest BCUT2D eigenvalue weighted by Crippen LogP contribution is -2.47. The quantitative estimate of drug-likeness (QED) is 0.858. The van der Waals surface area contributed by atoms with Crippen LogP contribution in [0.3, 0.4) is 0 Å². The Bertz CT molecular complexity index is 766. The van der Waals surface area contributed by atoms with Crippen molar-refractivity contribution in [3.8, 4) is 0 Å². The predicted molar refractivity (Wildman–Crippen MR) is 96.6 cm³/mol. The number of hydrogen-bond acceptors (Lipinski definition) is 4. The highest BCUT2D eigenvalue weighted by Gasteiger charge is 2.35. The van der Waals surface area contributed by atoms with Gasteiger partial charge in [-0.25, -0.2) is 0 Å². The average molecular weight is 358 g/mol. The van der Waals surface area contributed by atoms with Crippen LogP contribution >= 0.6 is 0 Å². The van der Waals surface area contributed by atoms with E-state index in [1.807, 2.05) is 24.6 Å². The number of carbonyl (C=O) groups excluding carboxylic acids is 2. The summed E-state index contributed by atoms with van der Waals surface area (Å²) in [5.41, 5.74) is 2.11. The summed E-state index contributed by atoms with van der Waals surface area (Å²) in [6.07, 6.45) is 2.98. The molecule has 0 radical (unpaired) electrons. The Balaban J connectivity index is 1.53. The van der Waals surface area contributed by atoms with Crippen LogP contribution < -0.4 is 5.32 Å². The predicted octanol–water partition coefficient (Wildman–Crippen LogP) is 2.15. The first-order chi connectivity index (χ1) is 12.5. The summed E-state index contributed by atoms with van der Waals surface area (Å²) in [6, 6.07) is 4.93. The molecule has 1 aliphatic heterocycles. The molecule has 26 heavy (non-hydrogen) atoms. The molecule has 1 fully saturated rings. The van der Waals surface area contributed by atoms with Gasteiger partial charge in [0.1, 0.15) is 6.04 Å². The standard InChI is InChI=1S/C19H26N4O3/c1-13(12-23-15(3)10-14(2)21-23)11-20-18(24)16-6-4-8-22(16)19(25)17-7-5-9-26-17/h5,7,9-10,13,16H,4,6,8,11-12H2,1-3H3,(H,20,24)/t13-,16-/m0/s1. The first-order valence-corrected chi connectivity index (χ1v) is 9.09. The third kappa shape index (κ3) is 3.98. The molecule has 2 amide bonds. The first-order valence-electron chi connectivity index (χ1n) is 9.09. The van der Waals surface area contributed by atoms with Crippen molar-refractivity contribution in [2.45, 2.75) is 46.2 Å². The van der Waals surface area contributed by atoms with Crippen molar-refractivity contribution >= 4 is 11.8 Å². The van der Waals surface area contributed by atoms with E-state index in [9.17, 15) is 9.59 Å². The van der Waals surface area contributed by atoms with E-state index in [1.165, 1.54) is 6.26 Å². The Morgan fingerprint density at radius 2 is 2.23 bits per heavy atom. The number of likely N-dealkylation sites (tertiary alicyclic amines) is 1. The molecule has 1 N–H and O–H groups in total. The Hall–Kier alpha value is -2.57. The Kier molecular flexibility index (Phi) is 5.44. The van der Waals surface area contributed by atoms with Crippen LogP contribution in [0.2, 0.25) is 0 Å². The van der Waals surface area contributed by atoms with Crippen LogP contribution in [0, 0.1) is 19.8 Å². The van der Waals surface area contributed by atoms with Gasteiger partial charge in [0.05, 0.1) is 12.0 Å². The van der Waals surface area contributed by atoms with Gasteiger partial charge in [-0.1, -0.05) is 6.92 Å². The van der Waals surface area contributed by atoms with Gasteiger partial charge in [0.15, 0.2) is 5.76 Å². The molecule has 0 spiro atoms. The largest absolute Gasteiger partial charge is 0.459 e. The van der Waals surface area contributed by atoms with Gasteiger partial charge in [-0.3, -0.25) is 14.3 Å². The van der Waals surface area contributed by atoms with E-state index < -0.39 is 6.04 Å². The van der Waals surface area contributed by atoms with Gasteiger partial charge in [0, 0.05) is 25.3 Å². The normalized spacial score (nSPS) is 18.1. The SMILES string of the molecule is Cc1cc(C)n(C[C@@H](C)CNC(=O)[C@@H]2CCCN2C(=O)c2ccco2)n1. The number of aromatic nitrogens is 2. The minimum Gasteiger partial charge on any atom is -0.459 e. The molecule has 2 aromatic heterocycles. The number of carbonyl (C=O) groups is 2. The third-order valence-corrected chi connectivity index (χ3v) is 4.76. The van der Waals surface area contributed by atoms with Crippen LogP contribution in [0.5, 0.6) is 0 Å². The van der Waals surface area contributed by atoms with Crippen molar-refractivity contribution in [2.75, 3.05) is 13.1 Å². The van der Waals surface area contributed by atoms with E-state index in [-0.39, 0.29) is 23.5 Å². The molecule has 0 aromatic carbocycles. The van der Waals surface area contributed by atoms with E-state index in [2.05, 4.69) is 17.3 Å². The second-order valence-electron chi connectivity index (χ2n) is 7.09. The van der Waals surface area contributed by atoms with Crippen LogP contribution in [0.25, 0.3) is 0 Å². The molecule has 1 saturated heterocycles. The van der Waals surface area contributed by atoms with Gasteiger partial charge < -0.3 is 14.6 Å². The number of furan rings is 1. The number of nitrogens with zero attached hydrogens (tertiary/aromatic N) is 3. The highest BCUT2D eigenvalue weighted by Crippen LogP contribution is 2.20. The van der Waals surface area contributed by atoms with Crippen molar-refractivity contribution in [1.29, 1.82) is 0 Å². The maximum atomic E-state index is 12.6. The smallest absolute Gasteiger partial charge is 0.290 e. The van der Waals surface area contributed by atoms with Gasteiger partial charge in [-0.05, 0) is 50.8 Å². The number of rotatable bonds is 6. The molecule has 2 atom stereocenters. The van der Waals surface area contributed by atoms with E-state index in [4.69, 9.17) is 4.42 Å². The Morgan fingerprint density at radius 1 is 1.42 bits per heavy atom. The molecule has 7 nitrogen and oxygen atoms in total. The maximum absolute atomic E-state index is 12.6. The summed E-state index contributed by atoms with van der Waals surface area (Å²) in [5.74, 6) is 0.209. The van der Waals surface area contributed by atoms with E-state index >= 15 is 0 Å². The molecule has 0 bridgehead atoms. The fourth-order valence-corrected chi connectivity index (χ4v) is 3.44. The summed E-state index contributed by atoms with van der Waals surface area (Å²) in [6.45, 7) is 7.97. The van der Waals surface area contributed by atoms with E-state index in [0.29, 0.717) is 19.5 Å². The number of nitrogens with one attached hydrogen (secondary N) is 1. The summed E-state index contributed by atoms with van der Waals surface area (Å²) in [7, 11) is 0. The summed E-state index contributed by atoms with van der Waals surface area (Å²) >= 11 is 0. The zero-order valence-electron chi connectivity index (χ0n) is 15.6. The van der Waals surface area contributed by atoms with Crippen LogP contribution in [-0.4, -0.2) is 45.6 Å². The summed E-state index contributed by atoms with van der Waals surface area (Å²) in [5, 5.41) is 7.46. The van der Waals surface area contributed by atoms with Gasteiger partial charge in [0.2, 0.25) is 5.91 Å². The third-order valence-electron chi connectivity index (χ3n) is 4.76. The molecule has 3 rings (SSSR count). The van der Waals surface area contributed by atoms with Crippen molar-refractivity contribution in [3.63, 3.8) is 0 Å². The summed E-state index contributed by atoms with van der Waals surface area (Å²) < 4.78 is 7.15. The molecule has 140 valence electrons. The minimum absolute atomic E-state index is 0.0948. The summed E-state index contributed by atoms with van der Waals surface area (Å²) in [4.78, 5) is 26.7. The Morgan fingerprint density at radius 3 is 2.88 bits per heavy atom. The average Bonchev–Trinajstić information content (AvgIpc) is 3.33. The topological polar surface area (TPSA) is 80.4 Å². The second-order valence-corrected chi connectivity index (χ2v) is 7.09. The lowest BCUT2D eigenvalue weighted by molar-refractivity contribution is -0.125. The first kappa shape index (κ1) is 18.2. The van der Waals surface area contributed by atoms with Gasteiger partial charge in [0.25, 0.3) is 5.91 Å². The lowest BCUT2D eigenvalue weighted by Gasteiger charge is -2.24. The van der Waals surface area contributed by atoms with Gasteiger partial charge in [-0.15, -0.1) is 0 Å². The highest BCUT2D eigenvalue weighted by atomic mass is 16.3. The molecule has 0 aliphatic carbocycles.